The molecule has 0 aliphatic rings. The third-order valence-electron chi connectivity index (χ3n) is 4.29. The topological polar surface area (TPSA) is 75.7 Å². The van der Waals surface area contributed by atoms with Crippen molar-refractivity contribution in [2.75, 3.05) is 22.5 Å². The first-order valence-corrected chi connectivity index (χ1v) is 11.8. The summed E-state index contributed by atoms with van der Waals surface area (Å²) < 4.78 is 31.4. The molecule has 0 atom stereocenters. The van der Waals surface area contributed by atoms with Crippen LogP contribution >= 0.6 is 23.2 Å². The second-order valence-corrected chi connectivity index (χ2v) is 9.38. The Morgan fingerprint density at radius 1 is 0.968 bits per heavy atom. The number of sulfonamides is 1. The summed E-state index contributed by atoms with van der Waals surface area (Å²) in [7, 11) is -3.49. The molecule has 0 unspecified atom stereocenters. The first-order chi connectivity index (χ1) is 14.7. The fraction of sp³-hybridized carbons (Fsp3) is 0.136. The van der Waals surface area contributed by atoms with Crippen molar-refractivity contribution in [2.45, 2.75) is 6.54 Å². The second-order valence-electron chi connectivity index (χ2n) is 6.69. The Morgan fingerprint density at radius 3 is 2.29 bits per heavy atom. The minimum atomic E-state index is -3.49. The molecule has 0 bridgehead atoms. The maximum atomic E-state index is 12.3. The number of benzene rings is 3. The minimum absolute atomic E-state index is 0.211. The molecule has 0 aliphatic carbocycles. The summed E-state index contributed by atoms with van der Waals surface area (Å²) in [6.07, 6.45) is 1.16. The van der Waals surface area contributed by atoms with Gasteiger partial charge in [-0.2, -0.15) is 0 Å². The van der Waals surface area contributed by atoms with E-state index in [1.165, 1.54) is 4.31 Å². The molecule has 0 fully saturated rings. The van der Waals surface area contributed by atoms with Crippen molar-refractivity contribution in [3.63, 3.8) is 0 Å². The zero-order valence-electron chi connectivity index (χ0n) is 16.6. The number of anilines is 2. The number of halogens is 2. The number of nitrogens with one attached hydrogen (secondary N) is 1. The lowest BCUT2D eigenvalue weighted by molar-refractivity contribution is -0.118. The molecule has 9 heteroatoms. The molecule has 0 radical (unpaired) electrons. The van der Waals surface area contributed by atoms with E-state index in [2.05, 4.69) is 5.32 Å². The predicted molar refractivity (Wildman–Crippen MR) is 124 cm³/mol. The quantitative estimate of drug-likeness (QED) is 0.495. The van der Waals surface area contributed by atoms with Gasteiger partial charge in [0.2, 0.25) is 10.0 Å². The van der Waals surface area contributed by atoms with Gasteiger partial charge in [0.15, 0.2) is 6.61 Å². The number of ether oxygens (including phenoxy) is 1. The number of rotatable bonds is 8. The van der Waals surface area contributed by atoms with Gasteiger partial charge in [-0.15, -0.1) is 0 Å². The van der Waals surface area contributed by atoms with Gasteiger partial charge in [0.25, 0.3) is 5.91 Å². The van der Waals surface area contributed by atoms with Crippen molar-refractivity contribution in [1.82, 2.24) is 0 Å². The minimum Gasteiger partial charge on any atom is -0.484 e. The predicted octanol–water partition coefficient (Wildman–Crippen LogP) is 4.98. The lowest BCUT2D eigenvalue weighted by atomic mass is 10.2. The molecule has 0 aliphatic heterocycles. The molecular formula is C22H20Cl2N2O4S. The maximum absolute atomic E-state index is 12.3. The van der Waals surface area contributed by atoms with E-state index in [0.717, 1.165) is 11.8 Å². The number of carbonyl (C=O) groups excluding carboxylic acids is 1. The fourth-order valence-corrected chi connectivity index (χ4v) is 4.03. The monoisotopic (exact) mass is 478 g/mol. The number of carbonyl (C=O) groups is 1. The summed E-state index contributed by atoms with van der Waals surface area (Å²) >= 11 is 12.0. The third-order valence-corrected chi connectivity index (χ3v) is 6.25. The Bertz CT molecular complexity index is 1150. The summed E-state index contributed by atoms with van der Waals surface area (Å²) in [4.78, 5) is 12.1. The largest absolute Gasteiger partial charge is 0.484 e. The van der Waals surface area contributed by atoms with Crippen LogP contribution in [-0.4, -0.2) is 27.2 Å². The third kappa shape index (κ3) is 6.37. The van der Waals surface area contributed by atoms with Gasteiger partial charge < -0.3 is 10.1 Å². The van der Waals surface area contributed by atoms with Crippen LogP contribution in [0, 0.1) is 0 Å². The summed E-state index contributed by atoms with van der Waals surface area (Å²) in [6.45, 7) is -0.0370. The Labute approximate surface area is 191 Å². The highest BCUT2D eigenvalue weighted by Gasteiger charge is 2.18. The SMILES string of the molecule is CS(=O)(=O)N(Cc1ccccc1)c1ccc(OCC(=O)Nc2cccc(Cl)c2Cl)cc1. The molecular weight excluding hydrogens is 459 g/mol. The molecule has 6 nitrogen and oxygen atoms in total. The van der Waals surface area contributed by atoms with Crippen molar-refractivity contribution >= 4 is 50.5 Å². The highest BCUT2D eigenvalue weighted by Crippen LogP contribution is 2.29. The lowest BCUT2D eigenvalue weighted by Gasteiger charge is -2.22. The van der Waals surface area contributed by atoms with Crippen LogP contribution in [0.15, 0.2) is 72.8 Å². The van der Waals surface area contributed by atoms with Gasteiger partial charge in [-0.1, -0.05) is 59.6 Å². The normalized spacial score (nSPS) is 11.1. The molecule has 162 valence electrons. The van der Waals surface area contributed by atoms with Crippen molar-refractivity contribution in [1.29, 1.82) is 0 Å². The van der Waals surface area contributed by atoms with Crippen LogP contribution in [0.5, 0.6) is 5.75 Å². The Morgan fingerprint density at radius 2 is 1.65 bits per heavy atom. The molecule has 3 aromatic rings. The summed E-state index contributed by atoms with van der Waals surface area (Å²) in [6, 6.07) is 20.7. The van der Waals surface area contributed by atoms with Crippen LogP contribution < -0.4 is 14.4 Å². The van der Waals surface area contributed by atoms with Gasteiger partial charge in [0.05, 0.1) is 34.2 Å². The highest BCUT2D eigenvalue weighted by molar-refractivity contribution is 7.92. The highest BCUT2D eigenvalue weighted by atomic mass is 35.5. The van der Waals surface area contributed by atoms with E-state index < -0.39 is 15.9 Å². The molecule has 0 saturated carbocycles. The van der Waals surface area contributed by atoms with E-state index in [1.54, 1.807) is 42.5 Å². The number of hydrogen-bond acceptors (Lipinski definition) is 4. The zero-order valence-corrected chi connectivity index (χ0v) is 18.9. The molecule has 0 saturated heterocycles. The molecule has 1 amide bonds. The van der Waals surface area contributed by atoms with E-state index >= 15 is 0 Å². The molecule has 1 N–H and O–H groups in total. The van der Waals surface area contributed by atoms with Gasteiger partial charge in [-0.3, -0.25) is 9.10 Å². The Kier molecular flexibility index (Phi) is 7.43. The van der Waals surface area contributed by atoms with Gasteiger partial charge in [0.1, 0.15) is 5.75 Å². The Hall–Kier alpha value is -2.74. The molecule has 0 spiro atoms. The second kappa shape index (κ2) is 10.0. The van der Waals surface area contributed by atoms with Crippen molar-refractivity contribution in [2.24, 2.45) is 0 Å². The van der Waals surface area contributed by atoms with Crippen LogP contribution in [-0.2, 0) is 21.4 Å². The van der Waals surface area contributed by atoms with Crippen LogP contribution in [0.25, 0.3) is 0 Å². The van der Waals surface area contributed by atoms with E-state index in [4.69, 9.17) is 27.9 Å². The average Bonchev–Trinajstić information content (AvgIpc) is 2.74. The first kappa shape index (κ1) is 22.9. The van der Waals surface area contributed by atoms with Crippen LogP contribution in [0.2, 0.25) is 10.0 Å². The zero-order chi connectivity index (χ0) is 22.4. The van der Waals surface area contributed by atoms with Crippen molar-refractivity contribution < 1.29 is 17.9 Å². The smallest absolute Gasteiger partial charge is 0.262 e. The first-order valence-electron chi connectivity index (χ1n) is 9.22. The standard InChI is InChI=1S/C22H20Cl2N2O4S/c1-31(28,29)26(14-16-6-3-2-4-7-16)17-10-12-18(13-11-17)30-15-21(27)25-20-9-5-8-19(23)22(20)24/h2-13H,14-15H2,1H3,(H,25,27). The summed E-state index contributed by atoms with van der Waals surface area (Å²) in [5, 5.41) is 3.22. The summed E-state index contributed by atoms with van der Waals surface area (Å²) in [5.41, 5.74) is 1.75. The van der Waals surface area contributed by atoms with E-state index in [-0.39, 0.29) is 18.2 Å². The molecule has 31 heavy (non-hydrogen) atoms. The van der Waals surface area contributed by atoms with E-state index in [0.29, 0.717) is 22.1 Å². The molecule has 3 aromatic carbocycles. The Balaban J connectivity index is 1.64. The van der Waals surface area contributed by atoms with Crippen LogP contribution in [0.3, 0.4) is 0 Å². The van der Waals surface area contributed by atoms with Crippen molar-refractivity contribution in [3.8, 4) is 5.75 Å². The van der Waals surface area contributed by atoms with E-state index in [9.17, 15) is 13.2 Å². The van der Waals surface area contributed by atoms with Crippen LogP contribution in [0.4, 0.5) is 11.4 Å². The molecule has 0 heterocycles. The van der Waals surface area contributed by atoms with Gasteiger partial charge in [-0.25, -0.2) is 8.42 Å². The fourth-order valence-electron chi connectivity index (χ4n) is 2.79. The maximum Gasteiger partial charge on any atom is 0.262 e. The lowest BCUT2D eigenvalue weighted by Crippen LogP contribution is -2.29. The van der Waals surface area contributed by atoms with Gasteiger partial charge >= 0.3 is 0 Å². The molecule has 3 rings (SSSR count). The van der Waals surface area contributed by atoms with Crippen molar-refractivity contribution in [3.05, 3.63) is 88.4 Å². The number of nitrogens with zero attached hydrogens (tertiary/aromatic N) is 1. The molecule has 0 aromatic heterocycles. The van der Waals surface area contributed by atoms with E-state index in [1.807, 2.05) is 30.3 Å². The van der Waals surface area contributed by atoms with Gasteiger partial charge in [-0.05, 0) is 42.0 Å². The van der Waals surface area contributed by atoms with Gasteiger partial charge in [0, 0.05) is 0 Å². The average molecular weight is 479 g/mol. The number of amides is 1. The van der Waals surface area contributed by atoms with Crippen LogP contribution in [0.1, 0.15) is 5.56 Å². The summed E-state index contributed by atoms with van der Waals surface area (Å²) in [5.74, 6) is 0.0133. The number of hydrogen-bond donors (Lipinski definition) is 1.